The zero-order valence-corrected chi connectivity index (χ0v) is 61.4. The third kappa shape index (κ3) is 32.3. The summed E-state index contributed by atoms with van der Waals surface area (Å²) in [4.78, 5) is 94.7. The molecule has 0 bridgehead atoms. The van der Waals surface area contributed by atoms with Crippen molar-refractivity contribution in [2.45, 2.75) is 160 Å². The van der Waals surface area contributed by atoms with Crippen molar-refractivity contribution in [1.29, 1.82) is 0 Å². The Hall–Kier alpha value is -9.76. The van der Waals surface area contributed by atoms with E-state index in [1.54, 1.807) is 119 Å². The van der Waals surface area contributed by atoms with Crippen LogP contribution in [0, 0.1) is 21.7 Å². The molecular weight excluding hydrogens is 1380 g/mol. The number of halogens is 8. The fraction of sp³-hybridized carbons (Fsp3) is 0.474. The zero-order valence-electron chi connectivity index (χ0n) is 61.4. The maximum Gasteiger partial charge on any atom is 0.344 e. The van der Waals surface area contributed by atoms with Crippen molar-refractivity contribution in [2.24, 2.45) is 21.7 Å². The monoisotopic (exact) mass is 1470 g/mol. The summed E-state index contributed by atoms with van der Waals surface area (Å²) in [6.07, 6.45) is 2.67. The van der Waals surface area contributed by atoms with Gasteiger partial charge in [-0.25, -0.2) is 54.3 Å². The van der Waals surface area contributed by atoms with E-state index in [9.17, 15) is 73.5 Å². The first-order chi connectivity index (χ1) is 48.1. The summed E-state index contributed by atoms with van der Waals surface area (Å²) in [7, 11) is 0. The Morgan fingerprint density at radius 3 is 0.971 bits per heavy atom. The second-order valence-electron chi connectivity index (χ2n) is 27.0. The van der Waals surface area contributed by atoms with Crippen molar-refractivity contribution in [3.63, 3.8) is 0 Å². The predicted octanol–water partition coefficient (Wildman–Crippen LogP) is 16.8. The van der Waals surface area contributed by atoms with Crippen molar-refractivity contribution in [2.75, 3.05) is 63.5 Å². The third-order valence-corrected chi connectivity index (χ3v) is 15.5. The van der Waals surface area contributed by atoms with Crippen LogP contribution in [-0.4, -0.2) is 124 Å². The van der Waals surface area contributed by atoms with E-state index in [1.165, 1.54) is 24.3 Å². The molecule has 0 saturated carbocycles. The van der Waals surface area contributed by atoms with Crippen molar-refractivity contribution in [3.05, 3.63) is 121 Å². The number of fused-ring (bicyclic) bond motifs is 2. The molecule has 2 N–H and O–H groups in total. The Kier molecular flexibility index (Phi) is 33.3. The minimum Gasteiger partial charge on any atom is -0.482 e. The highest BCUT2D eigenvalue weighted by Gasteiger charge is 2.32. The molecule has 0 aromatic heterocycles. The lowest BCUT2D eigenvalue weighted by Crippen LogP contribution is -2.30. The molecular formula is C76H94F8N2O18. The third-order valence-electron chi connectivity index (χ3n) is 15.5. The minimum absolute atomic E-state index is 0.0947. The van der Waals surface area contributed by atoms with Crippen LogP contribution >= 0.6 is 0 Å². The number of hydrogen-bond donors (Lipinski definition) is 2. The molecule has 2 amide bonds. The van der Waals surface area contributed by atoms with Crippen LogP contribution in [-0.2, 0) is 57.3 Å². The average molecular weight is 1480 g/mol. The first-order valence-corrected chi connectivity index (χ1v) is 33.1. The predicted molar refractivity (Wildman–Crippen MR) is 374 cm³/mol. The number of alkyl halides is 8. The Balaban J connectivity index is 0.000000361. The quantitative estimate of drug-likeness (QED) is 0.0172. The molecule has 104 heavy (non-hydrogen) atoms. The van der Waals surface area contributed by atoms with Gasteiger partial charge in [0.25, 0.3) is 23.7 Å². The number of hydrogen-bond acceptors (Lipinski definition) is 18. The molecule has 0 unspecified atom stereocenters. The van der Waals surface area contributed by atoms with E-state index in [4.69, 9.17) is 28.4 Å². The molecule has 572 valence electrons. The molecule has 0 aliphatic heterocycles. The number of esters is 6. The molecule has 0 aliphatic rings. The van der Waals surface area contributed by atoms with Crippen LogP contribution < -0.4 is 39.1 Å². The summed E-state index contributed by atoms with van der Waals surface area (Å²) in [5.74, 6) is -14.6. The molecule has 6 rings (SSSR count). The molecule has 0 atom stereocenters. The fourth-order valence-corrected chi connectivity index (χ4v) is 7.46. The van der Waals surface area contributed by atoms with Gasteiger partial charge in [-0.1, -0.05) is 104 Å². The standard InChI is InChI=1S/C21H25F2NO4.C21H24F2O5.C17H23F2NO4.C17H22F2O5/c1-5-20(2,3)19(26)24-16-10-6-9-15-14(16)8-7-11-17(15)27-12-18(25)28-13-21(4,22)23;1-5-20(2,3)19(25)28-17-11-7-8-14-15(17)9-6-10-16(14)26-12-18(24)27-13-21(4,22)23;1-5-16(2,3)15(22)20-12-6-8-13(9-7-12)23-10-14(21)24-11-17(4,18)19;1-5-16(2,3)15(21)24-13-8-6-12(7-9-13)22-10-14(20)23-11-17(4,18)19/h6-11H,5,12-13H2,1-4H3,(H,24,26);6-11H,5,12-13H2,1-4H3;6-9H,5,10-11H2,1-4H3,(H,20,22);6-9H,5,10-11H2,1-4H3. The molecule has 0 fully saturated rings. The molecule has 28 heteroatoms. The van der Waals surface area contributed by atoms with Crippen molar-refractivity contribution in [3.8, 4) is 34.5 Å². The van der Waals surface area contributed by atoms with Gasteiger partial charge in [-0.3, -0.25) is 19.2 Å². The molecule has 0 spiro atoms. The maximum absolute atomic E-state index is 12.8. The Bertz CT molecular complexity index is 3570. The molecule has 6 aromatic rings. The highest BCUT2D eigenvalue weighted by molar-refractivity contribution is 6.05. The van der Waals surface area contributed by atoms with Crippen molar-refractivity contribution in [1.82, 2.24) is 0 Å². The van der Waals surface area contributed by atoms with E-state index in [1.807, 2.05) is 61.5 Å². The van der Waals surface area contributed by atoms with Gasteiger partial charge in [0.1, 0.15) is 34.5 Å². The van der Waals surface area contributed by atoms with Gasteiger partial charge in [0.05, 0.1) is 10.8 Å². The SMILES string of the molecule is CCC(C)(C)C(=O)Nc1ccc(OCC(=O)OCC(C)(F)F)cc1.CCC(C)(C)C(=O)Nc1cccc2c(OCC(=O)OCC(C)(F)F)cccc12.CCC(C)(C)C(=O)Oc1ccc(OCC(=O)OCC(C)(F)F)cc1.CCC(C)(C)C(=O)Oc1cccc2c(OCC(=O)OCC(C)(F)F)cccc12. The van der Waals surface area contributed by atoms with Gasteiger partial charge in [0.2, 0.25) is 11.8 Å². The van der Waals surface area contributed by atoms with E-state index in [0.29, 0.717) is 115 Å². The van der Waals surface area contributed by atoms with Crippen molar-refractivity contribution < 1.29 is 121 Å². The second kappa shape index (κ2) is 39.2. The molecule has 0 heterocycles. The Labute approximate surface area is 600 Å². The molecule has 0 aliphatic carbocycles. The Morgan fingerprint density at radius 2 is 0.606 bits per heavy atom. The van der Waals surface area contributed by atoms with Gasteiger partial charge in [-0.15, -0.1) is 0 Å². The fourth-order valence-electron chi connectivity index (χ4n) is 7.46. The summed E-state index contributed by atoms with van der Waals surface area (Å²) in [5, 5.41) is 8.41. The molecule has 0 saturated heterocycles. The summed E-state index contributed by atoms with van der Waals surface area (Å²) in [5.41, 5.74) is -0.965. The van der Waals surface area contributed by atoms with Gasteiger partial charge in [0, 0.05) is 71.4 Å². The van der Waals surface area contributed by atoms with E-state index in [-0.39, 0.29) is 23.8 Å². The van der Waals surface area contributed by atoms with E-state index >= 15 is 0 Å². The lowest BCUT2D eigenvalue weighted by atomic mass is 9.89. The average Bonchev–Trinajstić information content (AvgIpc) is 0.803. The highest BCUT2D eigenvalue weighted by Crippen LogP contribution is 2.36. The van der Waals surface area contributed by atoms with Crippen LogP contribution in [0.2, 0.25) is 0 Å². The highest BCUT2D eigenvalue weighted by atomic mass is 19.3. The number of amides is 2. The number of rotatable bonds is 32. The van der Waals surface area contributed by atoms with Crippen LogP contribution in [0.1, 0.15) is 136 Å². The second-order valence-corrected chi connectivity index (χ2v) is 27.0. The van der Waals surface area contributed by atoms with Crippen LogP contribution in [0.25, 0.3) is 21.5 Å². The summed E-state index contributed by atoms with van der Waals surface area (Å²) in [6, 6.07) is 33.2. The van der Waals surface area contributed by atoms with Crippen LogP contribution in [0.15, 0.2) is 121 Å². The first-order valence-electron chi connectivity index (χ1n) is 33.1. The lowest BCUT2D eigenvalue weighted by molar-refractivity contribution is -0.156. The topological polar surface area (TPSA) is 253 Å². The Morgan fingerprint density at radius 1 is 0.317 bits per heavy atom. The largest absolute Gasteiger partial charge is 0.482 e. The lowest BCUT2D eigenvalue weighted by Gasteiger charge is -2.22. The minimum atomic E-state index is -3.10. The number of carbonyl (C=O) groups excluding carboxylic acids is 8. The van der Waals surface area contributed by atoms with Gasteiger partial charge in [-0.2, -0.15) is 0 Å². The van der Waals surface area contributed by atoms with E-state index in [2.05, 4.69) is 29.6 Å². The van der Waals surface area contributed by atoms with Gasteiger partial charge in [-0.05, 0) is 126 Å². The van der Waals surface area contributed by atoms with Crippen molar-refractivity contribution >= 4 is 80.5 Å². The number of nitrogens with one attached hydrogen (secondary N) is 2. The molecule has 6 aromatic carbocycles. The summed E-state index contributed by atoms with van der Waals surface area (Å²) in [6.45, 7) is 19.0. The number of benzene rings is 6. The van der Waals surface area contributed by atoms with Crippen LogP contribution in [0.5, 0.6) is 34.5 Å². The molecule has 0 radical (unpaired) electrons. The van der Waals surface area contributed by atoms with E-state index < -0.39 is 122 Å². The maximum atomic E-state index is 12.8. The summed E-state index contributed by atoms with van der Waals surface area (Å²) < 4.78 is 151. The van der Waals surface area contributed by atoms with E-state index in [0.717, 1.165) is 5.39 Å². The van der Waals surface area contributed by atoms with Gasteiger partial charge in [0.15, 0.2) is 52.9 Å². The number of ether oxygens (including phenoxy) is 10. The number of anilines is 2. The normalized spacial score (nSPS) is 11.8. The summed E-state index contributed by atoms with van der Waals surface area (Å²) >= 11 is 0. The van der Waals surface area contributed by atoms with Crippen LogP contribution in [0.3, 0.4) is 0 Å². The smallest absolute Gasteiger partial charge is 0.344 e. The van der Waals surface area contributed by atoms with Gasteiger partial charge < -0.3 is 58.0 Å². The molecule has 20 nitrogen and oxygen atoms in total. The zero-order chi connectivity index (χ0) is 78.7. The number of carbonyl (C=O) groups is 8. The van der Waals surface area contributed by atoms with Crippen LogP contribution in [0.4, 0.5) is 46.5 Å². The first kappa shape index (κ1) is 88.5. The van der Waals surface area contributed by atoms with Gasteiger partial charge >= 0.3 is 35.8 Å².